The van der Waals surface area contributed by atoms with Gasteiger partial charge < -0.3 is 0 Å². The number of nitrogens with zero attached hydrogens (tertiary/aromatic N) is 2. The van der Waals surface area contributed by atoms with Crippen LogP contribution in [0.15, 0.2) is 34.0 Å². The van der Waals surface area contributed by atoms with Crippen LogP contribution >= 0.6 is 15.9 Å². The maximum Gasteiger partial charge on any atom is 0.289 e. The van der Waals surface area contributed by atoms with Crippen LogP contribution < -0.4 is 0 Å². The highest BCUT2D eigenvalue weighted by Gasteiger charge is 2.21. The van der Waals surface area contributed by atoms with Gasteiger partial charge in [0, 0.05) is 15.7 Å². The van der Waals surface area contributed by atoms with E-state index >= 15 is 0 Å². The van der Waals surface area contributed by atoms with Gasteiger partial charge in [-0.25, -0.2) is 0 Å². The second kappa shape index (κ2) is 2.04. The van der Waals surface area contributed by atoms with Crippen molar-refractivity contribution in [2.75, 3.05) is 0 Å². The molecule has 2 heterocycles. The molecule has 0 aromatic heterocycles. The molecule has 2 rings (SSSR count). The molecule has 0 aromatic rings. The molecule has 2 nitrogen and oxygen atoms in total. The van der Waals surface area contributed by atoms with Crippen molar-refractivity contribution in [3.8, 4) is 0 Å². The van der Waals surface area contributed by atoms with Gasteiger partial charge in [-0.1, -0.05) is 0 Å². The third-order valence-electron chi connectivity index (χ3n) is 1.29. The summed E-state index contributed by atoms with van der Waals surface area (Å²) in [6.45, 7) is 0. The van der Waals surface area contributed by atoms with Gasteiger partial charge in [-0.2, -0.15) is 4.90 Å². The van der Waals surface area contributed by atoms with Gasteiger partial charge in [0.05, 0.1) is 6.08 Å². The number of fused-ring (bicyclic) bond motifs is 1. The molecule has 0 fully saturated rings. The third-order valence-corrected chi connectivity index (χ3v) is 1.76. The molecule has 0 spiro atoms. The Bertz CT molecular complexity index is 273. The molecule has 0 aromatic carbocycles. The van der Waals surface area contributed by atoms with Gasteiger partial charge in [0.25, 0.3) is 5.84 Å². The molecule has 0 atom stereocenters. The topological polar surface area (TPSA) is 15.6 Å². The summed E-state index contributed by atoms with van der Waals surface area (Å²) >= 11 is 3.35. The van der Waals surface area contributed by atoms with Crippen LogP contribution in [0.2, 0.25) is 0 Å². The van der Waals surface area contributed by atoms with E-state index in [4.69, 9.17) is 0 Å². The van der Waals surface area contributed by atoms with Crippen molar-refractivity contribution in [1.82, 2.24) is 4.90 Å². The second-order valence-electron chi connectivity index (χ2n) is 1.98. The van der Waals surface area contributed by atoms with E-state index < -0.39 is 0 Å². The number of amidine groups is 1. The summed E-state index contributed by atoms with van der Waals surface area (Å²) in [6.07, 6.45) is 10.4. The molecule has 0 saturated heterocycles. The largest absolute Gasteiger partial charge is 0.289 e. The molecule has 0 radical (unpaired) electrons. The molecular formula is C7H4BrN2+. The van der Waals surface area contributed by atoms with E-state index in [2.05, 4.69) is 27.1 Å². The van der Waals surface area contributed by atoms with Crippen LogP contribution in [0.4, 0.5) is 0 Å². The molecule has 2 aliphatic rings. The first-order valence-corrected chi connectivity index (χ1v) is 3.66. The Kier molecular flexibility index (Phi) is 1.19. The maximum atomic E-state index is 3.98. The Morgan fingerprint density at radius 1 is 1.50 bits per heavy atom. The van der Waals surface area contributed by atoms with E-state index in [1.807, 2.05) is 23.3 Å². The predicted molar refractivity (Wildman–Crippen MR) is 43.2 cm³/mol. The molecule has 2 aliphatic heterocycles. The maximum absolute atomic E-state index is 3.98. The number of aliphatic imine (C=N–C) groups is 1. The minimum atomic E-state index is 0.920. The van der Waals surface area contributed by atoms with E-state index in [-0.39, 0.29) is 0 Å². The van der Waals surface area contributed by atoms with Gasteiger partial charge in [-0.3, -0.25) is 0 Å². The lowest BCUT2D eigenvalue weighted by atomic mass is 10.3. The van der Waals surface area contributed by atoms with Crippen LogP contribution in [0.3, 0.4) is 0 Å². The number of hydrogen-bond donors (Lipinski definition) is 0. The van der Waals surface area contributed by atoms with Crippen molar-refractivity contribution >= 4 is 21.8 Å². The first-order chi connectivity index (χ1) is 4.86. The Labute approximate surface area is 67.4 Å². The first kappa shape index (κ1) is 5.83. The summed E-state index contributed by atoms with van der Waals surface area (Å²) in [5.74, 6) is 0.920. The summed E-state index contributed by atoms with van der Waals surface area (Å²) in [6, 6.07) is 0. The molecule has 0 aliphatic carbocycles. The van der Waals surface area contributed by atoms with Gasteiger partial charge in [-0.15, -0.1) is 0 Å². The van der Waals surface area contributed by atoms with E-state index in [0.29, 0.717) is 0 Å². The number of halogens is 1. The molecular weight excluding hydrogens is 192 g/mol. The van der Waals surface area contributed by atoms with Gasteiger partial charge in [0.15, 0.2) is 6.20 Å². The Morgan fingerprint density at radius 3 is 3.30 bits per heavy atom. The van der Waals surface area contributed by atoms with Crippen molar-refractivity contribution in [3.05, 3.63) is 35.2 Å². The number of rotatable bonds is 0. The Balaban J connectivity index is 2.39. The fraction of sp³-hybridized carbons (Fsp3) is 0. The number of hydrogen-bond acceptors (Lipinski definition) is 2. The van der Waals surface area contributed by atoms with Crippen LogP contribution in [-0.2, 0) is 0 Å². The minimum Gasteiger partial charge on any atom is -0.200 e. The zero-order chi connectivity index (χ0) is 6.97. The fourth-order valence-corrected chi connectivity index (χ4v) is 1.19. The van der Waals surface area contributed by atoms with Crippen LogP contribution in [-0.4, -0.2) is 10.7 Å². The zero-order valence-electron chi connectivity index (χ0n) is 5.08. The van der Waals surface area contributed by atoms with Gasteiger partial charge in [-0.05, 0) is 22.0 Å². The lowest BCUT2D eigenvalue weighted by molar-refractivity contribution is 0.775. The van der Waals surface area contributed by atoms with Gasteiger partial charge in [0.2, 0.25) is 6.20 Å². The minimum absolute atomic E-state index is 0.920. The van der Waals surface area contributed by atoms with Crippen LogP contribution in [0, 0.1) is 6.20 Å². The molecule has 0 unspecified atom stereocenters. The van der Waals surface area contributed by atoms with Crippen molar-refractivity contribution in [2.24, 2.45) is 4.99 Å². The normalized spacial score (nSPS) is 19.9. The Morgan fingerprint density at radius 2 is 2.40 bits per heavy atom. The molecule has 3 heteroatoms. The lowest BCUT2D eigenvalue weighted by Crippen LogP contribution is -2.16. The van der Waals surface area contributed by atoms with Crippen LogP contribution in [0.5, 0.6) is 0 Å². The standard InChI is InChI=1S/C7H4BrN2/c8-6-1-2-7-9-3-4-10(7)5-6/h1-2,4-5H/q+1. The highest BCUT2D eigenvalue weighted by molar-refractivity contribution is 9.11. The van der Waals surface area contributed by atoms with Crippen molar-refractivity contribution in [2.45, 2.75) is 0 Å². The van der Waals surface area contributed by atoms with E-state index in [0.717, 1.165) is 10.3 Å². The average molecular weight is 196 g/mol. The third kappa shape index (κ3) is 0.801. The predicted octanol–water partition coefficient (Wildman–Crippen LogP) is 1.78. The van der Waals surface area contributed by atoms with Crippen molar-refractivity contribution in [1.29, 1.82) is 0 Å². The molecule has 0 N–H and O–H groups in total. The monoisotopic (exact) mass is 195 g/mol. The highest BCUT2D eigenvalue weighted by atomic mass is 79.9. The second-order valence-corrected chi connectivity index (χ2v) is 2.90. The SMILES string of the molecule is BrC1=CN2C=[C+]N=C2C=C1. The van der Waals surface area contributed by atoms with E-state index in [1.54, 1.807) is 6.20 Å². The van der Waals surface area contributed by atoms with Gasteiger partial charge >= 0.3 is 0 Å². The first-order valence-electron chi connectivity index (χ1n) is 2.86. The van der Waals surface area contributed by atoms with Crippen molar-refractivity contribution < 1.29 is 0 Å². The summed E-state index contributed by atoms with van der Waals surface area (Å²) in [5, 5.41) is 0. The molecule has 0 saturated carbocycles. The highest BCUT2D eigenvalue weighted by Crippen LogP contribution is 2.17. The summed E-state index contributed by atoms with van der Waals surface area (Å²) in [7, 11) is 0. The smallest absolute Gasteiger partial charge is 0.200 e. The zero-order valence-corrected chi connectivity index (χ0v) is 6.67. The molecule has 10 heavy (non-hydrogen) atoms. The van der Waals surface area contributed by atoms with Crippen LogP contribution in [0.1, 0.15) is 0 Å². The van der Waals surface area contributed by atoms with Crippen molar-refractivity contribution in [3.63, 3.8) is 0 Å². The summed E-state index contributed by atoms with van der Waals surface area (Å²) in [5.41, 5.74) is 0. The number of allylic oxidation sites excluding steroid dienone is 2. The van der Waals surface area contributed by atoms with E-state index in [1.165, 1.54) is 0 Å². The summed E-state index contributed by atoms with van der Waals surface area (Å²) in [4.78, 5) is 5.88. The molecule has 0 bridgehead atoms. The van der Waals surface area contributed by atoms with Gasteiger partial charge in [0.1, 0.15) is 0 Å². The Hall–Kier alpha value is -0.920. The lowest BCUT2D eigenvalue weighted by Gasteiger charge is -2.04. The average Bonchev–Trinajstić information content (AvgIpc) is 2.33. The summed E-state index contributed by atoms with van der Waals surface area (Å²) < 4.78 is 1.05. The van der Waals surface area contributed by atoms with Crippen LogP contribution in [0.25, 0.3) is 0 Å². The van der Waals surface area contributed by atoms with E-state index in [9.17, 15) is 0 Å². The fourth-order valence-electron chi connectivity index (χ4n) is 0.838. The quantitative estimate of drug-likeness (QED) is 0.539. The molecule has 0 amide bonds. The molecule has 48 valence electrons.